The molecule has 0 saturated carbocycles. The predicted molar refractivity (Wildman–Crippen MR) is 127 cm³/mol. The number of alkyl halides is 3. The number of halogens is 3. The Morgan fingerprint density at radius 1 is 1.14 bits per heavy atom. The number of nitrogens with one attached hydrogen (secondary N) is 2. The second-order valence-electron chi connectivity index (χ2n) is 7.61. The number of amides is 1. The number of nitrogens with zero attached hydrogens (tertiary/aromatic N) is 6. The van der Waals surface area contributed by atoms with Crippen LogP contribution in [0.2, 0.25) is 0 Å². The molecule has 5 rings (SSSR count). The van der Waals surface area contributed by atoms with E-state index in [4.69, 9.17) is 0 Å². The molecule has 2 N–H and O–H groups in total. The van der Waals surface area contributed by atoms with Gasteiger partial charge in [0.25, 0.3) is 0 Å². The number of carbonyl (C=O) groups excluding carboxylic acids is 2. The number of aromatic amines is 1. The maximum Gasteiger partial charge on any atom is 0.493 e. The van der Waals surface area contributed by atoms with Crippen LogP contribution in [0, 0.1) is 0 Å². The molecule has 37 heavy (non-hydrogen) atoms. The zero-order chi connectivity index (χ0) is 26.2. The van der Waals surface area contributed by atoms with E-state index < -0.39 is 18.1 Å². The third-order valence-corrected chi connectivity index (χ3v) is 5.85. The summed E-state index contributed by atoms with van der Waals surface area (Å²) < 4.78 is 40.1. The molecular formula is C22H15F3N8O3S. The van der Waals surface area contributed by atoms with Crippen molar-refractivity contribution in [1.82, 2.24) is 30.2 Å². The number of aromatic nitrogens is 6. The minimum atomic E-state index is -5.32. The van der Waals surface area contributed by atoms with Crippen molar-refractivity contribution < 1.29 is 27.6 Å². The van der Waals surface area contributed by atoms with Gasteiger partial charge in [-0.05, 0) is 36.4 Å². The monoisotopic (exact) mass is 528 g/mol. The van der Waals surface area contributed by atoms with E-state index in [1.807, 2.05) is 18.2 Å². The highest BCUT2D eigenvalue weighted by atomic mass is 32.1. The first kappa shape index (κ1) is 23.9. The molecule has 0 aliphatic rings. The predicted octanol–water partition coefficient (Wildman–Crippen LogP) is 4.23. The minimum absolute atomic E-state index is 0.138. The Kier molecular flexibility index (Phi) is 6.04. The lowest BCUT2D eigenvalue weighted by Crippen LogP contribution is -2.39. The molecule has 5 aromatic rings. The first-order valence-corrected chi connectivity index (χ1v) is 11.3. The minimum Gasteiger partial charge on any atom is -0.330 e. The van der Waals surface area contributed by atoms with Gasteiger partial charge in [0, 0.05) is 29.9 Å². The quantitative estimate of drug-likeness (QED) is 0.324. The number of carbonyl (C=O) groups is 2. The van der Waals surface area contributed by atoms with Crippen LogP contribution in [-0.4, -0.2) is 48.2 Å². The summed E-state index contributed by atoms with van der Waals surface area (Å²) in [5.41, 5.74) is 1.68. The number of anilines is 3. The van der Waals surface area contributed by atoms with Gasteiger partial charge in [0.15, 0.2) is 5.69 Å². The Morgan fingerprint density at radius 2 is 1.97 bits per heavy atom. The van der Waals surface area contributed by atoms with Crippen LogP contribution >= 0.6 is 11.3 Å². The van der Waals surface area contributed by atoms with E-state index in [9.17, 15) is 22.8 Å². The van der Waals surface area contributed by atoms with Crippen molar-refractivity contribution in [3.05, 3.63) is 66.6 Å². The van der Waals surface area contributed by atoms with Crippen LogP contribution in [0.1, 0.15) is 10.5 Å². The molecule has 3 aromatic heterocycles. The van der Waals surface area contributed by atoms with Crippen LogP contribution < -0.4 is 10.4 Å². The van der Waals surface area contributed by atoms with Crippen molar-refractivity contribution in [1.29, 1.82) is 0 Å². The number of benzene rings is 2. The van der Waals surface area contributed by atoms with Gasteiger partial charge < -0.3 is 10.2 Å². The van der Waals surface area contributed by atoms with Crippen LogP contribution in [-0.2, 0) is 16.7 Å². The number of hydrogen-bond acceptors (Lipinski definition) is 9. The van der Waals surface area contributed by atoms with Gasteiger partial charge in [0.05, 0.1) is 17.4 Å². The van der Waals surface area contributed by atoms with E-state index in [1.165, 1.54) is 53.5 Å². The Labute approximate surface area is 209 Å². The lowest BCUT2D eigenvalue weighted by atomic mass is 10.2. The molecule has 0 saturated heterocycles. The normalized spacial score (nSPS) is 11.5. The largest absolute Gasteiger partial charge is 0.493 e. The fourth-order valence-electron chi connectivity index (χ4n) is 3.28. The molecule has 1 amide bonds. The first-order chi connectivity index (χ1) is 17.7. The molecular weight excluding hydrogens is 513 g/mol. The highest BCUT2D eigenvalue weighted by molar-refractivity contribution is 7.18. The molecule has 0 bridgehead atoms. The number of H-pyrrole nitrogens is 1. The van der Waals surface area contributed by atoms with Crippen molar-refractivity contribution in [3.63, 3.8) is 0 Å². The number of aryl methyl sites for hydroxylation is 1. The second kappa shape index (κ2) is 9.34. The second-order valence-corrected chi connectivity index (χ2v) is 8.59. The molecule has 3 heterocycles. The molecule has 188 valence electrons. The van der Waals surface area contributed by atoms with Crippen molar-refractivity contribution in [2.24, 2.45) is 7.05 Å². The summed E-state index contributed by atoms with van der Waals surface area (Å²) in [6.45, 7) is 0. The van der Waals surface area contributed by atoms with E-state index >= 15 is 0 Å². The summed E-state index contributed by atoms with van der Waals surface area (Å²) in [5, 5.41) is 24.1. The molecule has 0 radical (unpaired) electrons. The Bertz CT molecular complexity index is 1610. The number of hydrogen-bond donors (Lipinski definition) is 2. The van der Waals surface area contributed by atoms with E-state index in [-0.39, 0.29) is 16.4 Å². The summed E-state index contributed by atoms with van der Waals surface area (Å²) in [5.74, 6) is -3.62. The molecule has 0 fully saturated rings. The highest BCUT2D eigenvalue weighted by Crippen LogP contribution is 2.32. The van der Waals surface area contributed by atoms with Gasteiger partial charge in [-0.1, -0.05) is 23.5 Å². The number of hydroxylamine groups is 1. The van der Waals surface area contributed by atoms with Gasteiger partial charge in [0.2, 0.25) is 5.13 Å². The maximum atomic E-state index is 12.9. The molecule has 0 unspecified atom stereocenters. The topological polar surface area (TPSA) is 131 Å². The highest BCUT2D eigenvalue weighted by Gasteiger charge is 2.44. The van der Waals surface area contributed by atoms with E-state index in [2.05, 4.69) is 35.6 Å². The lowest BCUT2D eigenvalue weighted by molar-refractivity contribution is -0.200. The fourth-order valence-corrected chi connectivity index (χ4v) is 4.04. The number of rotatable bonds is 5. The average Bonchev–Trinajstić information content (AvgIpc) is 3.62. The summed E-state index contributed by atoms with van der Waals surface area (Å²) in [6.07, 6.45) is -2.21. The Balaban J connectivity index is 1.42. The van der Waals surface area contributed by atoms with Gasteiger partial charge >= 0.3 is 18.1 Å². The zero-order valence-corrected chi connectivity index (χ0v) is 19.5. The van der Waals surface area contributed by atoms with Crippen molar-refractivity contribution in [3.8, 4) is 10.6 Å². The van der Waals surface area contributed by atoms with Crippen molar-refractivity contribution >= 4 is 50.6 Å². The van der Waals surface area contributed by atoms with Crippen LogP contribution in [0.15, 0.2) is 60.9 Å². The van der Waals surface area contributed by atoms with Gasteiger partial charge in [-0.3, -0.25) is 14.6 Å². The van der Waals surface area contributed by atoms with Gasteiger partial charge in [-0.15, -0.1) is 15.3 Å². The van der Waals surface area contributed by atoms with Gasteiger partial charge in [-0.2, -0.15) is 23.4 Å². The Hall–Kier alpha value is -4.79. The van der Waals surface area contributed by atoms with Crippen LogP contribution in [0.4, 0.5) is 29.7 Å². The van der Waals surface area contributed by atoms with Crippen LogP contribution in [0.25, 0.3) is 21.5 Å². The average molecular weight is 528 g/mol. The lowest BCUT2D eigenvalue weighted by Gasteiger charge is -2.21. The zero-order valence-electron chi connectivity index (χ0n) is 18.7. The summed E-state index contributed by atoms with van der Waals surface area (Å²) >= 11 is 1.17. The van der Waals surface area contributed by atoms with E-state index in [0.29, 0.717) is 15.7 Å². The third kappa shape index (κ3) is 5.11. The number of fused-ring (bicyclic) bond motifs is 1. The fraction of sp³-hybridized carbons (Fsp3) is 0.0909. The van der Waals surface area contributed by atoms with E-state index in [0.717, 1.165) is 16.6 Å². The standard InChI is InChI=1S/C22H15F3N8O3S/c1-32-8-7-17(31-32)19(34)33(36-20(35)22(23,24)25)15-4-2-3-12(10-15)18-29-30-21(37-18)27-14-5-6-16-13(9-14)11-26-28-16/h2-11H,1H3,(H,26,28)(H,27,30). The molecule has 0 aliphatic heterocycles. The van der Waals surface area contributed by atoms with Crippen molar-refractivity contribution in [2.75, 3.05) is 10.4 Å². The molecule has 15 heteroatoms. The molecule has 2 aromatic carbocycles. The molecule has 0 aliphatic carbocycles. The van der Waals surface area contributed by atoms with Crippen LogP contribution in [0.5, 0.6) is 0 Å². The molecule has 0 atom stereocenters. The summed E-state index contributed by atoms with van der Waals surface area (Å²) in [6, 6.07) is 12.6. The van der Waals surface area contributed by atoms with Gasteiger partial charge in [0.1, 0.15) is 5.01 Å². The summed E-state index contributed by atoms with van der Waals surface area (Å²) in [7, 11) is 1.53. The van der Waals surface area contributed by atoms with E-state index in [1.54, 1.807) is 12.3 Å². The van der Waals surface area contributed by atoms with Crippen LogP contribution in [0.3, 0.4) is 0 Å². The summed E-state index contributed by atoms with van der Waals surface area (Å²) in [4.78, 5) is 28.9. The maximum absolute atomic E-state index is 12.9. The first-order valence-electron chi connectivity index (χ1n) is 10.4. The SMILES string of the molecule is Cn1ccc(C(=O)N(OC(=O)C(F)(F)F)c2cccc(-c3nnc(Nc4ccc5[nH]ncc5c4)s3)c2)n1. The van der Waals surface area contributed by atoms with Gasteiger partial charge in [-0.25, -0.2) is 4.79 Å². The molecule has 0 spiro atoms. The van der Waals surface area contributed by atoms with Crippen molar-refractivity contribution in [2.45, 2.75) is 6.18 Å². The molecule has 11 nitrogen and oxygen atoms in total. The third-order valence-electron chi connectivity index (χ3n) is 4.97. The smallest absolute Gasteiger partial charge is 0.330 e. The Morgan fingerprint density at radius 3 is 2.73 bits per heavy atom.